The number of H-pyrrole nitrogens is 1. The predicted octanol–water partition coefficient (Wildman–Crippen LogP) is 1.55. The summed E-state index contributed by atoms with van der Waals surface area (Å²) in [5, 5.41) is 5.51. The maximum Gasteiger partial charge on any atom is 0.272 e. The minimum atomic E-state index is -0.558. The first kappa shape index (κ1) is 6.77. The Morgan fingerprint density at radius 3 is 2.78 bits per heavy atom. The molecule has 0 spiro atoms. The highest BCUT2D eigenvalue weighted by Gasteiger charge is 2.03. The first-order valence-corrected chi connectivity index (χ1v) is 3.28. The molecule has 1 rings (SSSR count). The lowest BCUT2D eigenvalue weighted by Crippen LogP contribution is -1.86. The fourth-order valence-electron chi connectivity index (χ4n) is 0.399. The van der Waals surface area contributed by atoms with Crippen LogP contribution < -0.4 is 0 Å². The Morgan fingerprint density at radius 1 is 1.89 bits per heavy atom. The molecular formula is C4H2BrClN2O. The molecule has 0 aromatic carbocycles. The van der Waals surface area contributed by atoms with Crippen LogP contribution in [0.25, 0.3) is 0 Å². The summed E-state index contributed by atoms with van der Waals surface area (Å²) in [6, 6.07) is 1.51. The van der Waals surface area contributed by atoms with Crippen molar-refractivity contribution in [3.05, 3.63) is 16.4 Å². The topological polar surface area (TPSA) is 45.8 Å². The van der Waals surface area contributed by atoms with Crippen LogP contribution in [0.5, 0.6) is 0 Å². The molecule has 0 amide bonds. The van der Waals surface area contributed by atoms with Crippen molar-refractivity contribution in [1.29, 1.82) is 0 Å². The molecule has 48 valence electrons. The smallest absolute Gasteiger partial charge is 0.272 e. The van der Waals surface area contributed by atoms with Gasteiger partial charge in [0, 0.05) is 6.07 Å². The number of nitrogens with zero attached hydrogens (tertiary/aromatic N) is 1. The molecule has 1 aromatic rings. The first-order valence-electron chi connectivity index (χ1n) is 2.11. The highest BCUT2D eigenvalue weighted by Crippen LogP contribution is 2.07. The van der Waals surface area contributed by atoms with Gasteiger partial charge in [-0.25, -0.2) is 0 Å². The van der Waals surface area contributed by atoms with Crippen LogP contribution in [-0.2, 0) is 0 Å². The number of halogens is 2. The van der Waals surface area contributed by atoms with E-state index in [1.54, 1.807) is 0 Å². The minimum absolute atomic E-state index is 0.226. The van der Waals surface area contributed by atoms with Crippen LogP contribution >= 0.6 is 27.5 Å². The minimum Gasteiger partial charge on any atom is -0.274 e. The van der Waals surface area contributed by atoms with E-state index in [-0.39, 0.29) is 5.69 Å². The average Bonchev–Trinajstić information content (AvgIpc) is 2.14. The zero-order valence-corrected chi connectivity index (χ0v) is 6.53. The third kappa shape index (κ3) is 1.53. The molecule has 0 aliphatic carbocycles. The summed E-state index contributed by atoms with van der Waals surface area (Å²) in [6.07, 6.45) is 0. The van der Waals surface area contributed by atoms with E-state index in [1.807, 2.05) is 0 Å². The van der Waals surface area contributed by atoms with Crippen molar-refractivity contribution in [2.75, 3.05) is 0 Å². The van der Waals surface area contributed by atoms with E-state index in [1.165, 1.54) is 6.07 Å². The van der Waals surface area contributed by atoms with Gasteiger partial charge in [0.1, 0.15) is 10.3 Å². The summed E-state index contributed by atoms with van der Waals surface area (Å²) < 4.78 is 0.645. The van der Waals surface area contributed by atoms with Crippen molar-refractivity contribution in [3.63, 3.8) is 0 Å². The molecule has 3 nitrogen and oxygen atoms in total. The van der Waals surface area contributed by atoms with Gasteiger partial charge in [-0.3, -0.25) is 9.89 Å². The van der Waals surface area contributed by atoms with Gasteiger partial charge in [0.25, 0.3) is 5.24 Å². The van der Waals surface area contributed by atoms with Gasteiger partial charge in [0.2, 0.25) is 0 Å². The quantitative estimate of drug-likeness (QED) is 0.713. The van der Waals surface area contributed by atoms with Crippen molar-refractivity contribution in [2.45, 2.75) is 0 Å². The molecule has 0 aliphatic rings. The second-order valence-corrected chi connectivity index (χ2v) is 2.57. The van der Waals surface area contributed by atoms with Crippen molar-refractivity contribution < 1.29 is 4.79 Å². The fraction of sp³-hybridized carbons (Fsp3) is 0. The molecule has 0 radical (unpaired) electrons. The number of hydrogen-bond acceptors (Lipinski definition) is 2. The molecule has 1 aromatic heterocycles. The van der Waals surface area contributed by atoms with Crippen LogP contribution in [0.2, 0.25) is 0 Å². The average molecular weight is 209 g/mol. The van der Waals surface area contributed by atoms with Crippen LogP contribution in [0, 0.1) is 0 Å². The third-order valence-electron chi connectivity index (χ3n) is 0.748. The lowest BCUT2D eigenvalue weighted by molar-refractivity contribution is 0.107. The van der Waals surface area contributed by atoms with Gasteiger partial charge in [-0.1, -0.05) is 0 Å². The predicted molar refractivity (Wildman–Crippen MR) is 36.5 cm³/mol. The van der Waals surface area contributed by atoms with Crippen molar-refractivity contribution in [2.24, 2.45) is 0 Å². The number of nitrogens with one attached hydrogen (secondary N) is 1. The molecule has 0 saturated heterocycles. The summed E-state index contributed by atoms with van der Waals surface area (Å²) >= 11 is 8.15. The third-order valence-corrected chi connectivity index (χ3v) is 1.35. The van der Waals surface area contributed by atoms with E-state index in [2.05, 4.69) is 26.1 Å². The van der Waals surface area contributed by atoms with E-state index in [0.717, 1.165) is 0 Å². The number of aromatic nitrogens is 2. The van der Waals surface area contributed by atoms with Crippen molar-refractivity contribution in [1.82, 2.24) is 10.2 Å². The Hall–Kier alpha value is -0.350. The van der Waals surface area contributed by atoms with Gasteiger partial charge in [-0.15, -0.1) is 0 Å². The zero-order valence-electron chi connectivity index (χ0n) is 4.19. The standard InChI is InChI=1S/C4H2BrClN2O/c5-3-1-2(4(6)9)7-8-3/h1H,(H,7,8). The fourth-order valence-corrected chi connectivity index (χ4v) is 0.801. The summed E-state index contributed by atoms with van der Waals surface area (Å²) in [5.74, 6) is 0. The summed E-state index contributed by atoms with van der Waals surface area (Å²) in [4.78, 5) is 10.3. The molecular weight excluding hydrogens is 207 g/mol. The monoisotopic (exact) mass is 208 g/mol. The summed E-state index contributed by atoms with van der Waals surface area (Å²) in [5.41, 5.74) is 0.226. The summed E-state index contributed by atoms with van der Waals surface area (Å²) in [6.45, 7) is 0. The Balaban J connectivity index is 2.98. The number of hydrogen-bond donors (Lipinski definition) is 1. The molecule has 0 bridgehead atoms. The maximum absolute atomic E-state index is 10.3. The molecule has 1 N–H and O–H groups in total. The highest BCUT2D eigenvalue weighted by atomic mass is 79.9. The summed E-state index contributed by atoms with van der Waals surface area (Å²) in [7, 11) is 0. The Morgan fingerprint density at radius 2 is 2.56 bits per heavy atom. The van der Waals surface area contributed by atoms with Gasteiger partial charge < -0.3 is 0 Å². The molecule has 0 saturated carbocycles. The second kappa shape index (κ2) is 2.49. The van der Waals surface area contributed by atoms with Crippen LogP contribution in [0.4, 0.5) is 0 Å². The van der Waals surface area contributed by atoms with Gasteiger partial charge in [0.05, 0.1) is 0 Å². The first-order chi connectivity index (χ1) is 4.20. The Bertz CT molecular complexity index is 234. The van der Waals surface area contributed by atoms with Gasteiger partial charge >= 0.3 is 0 Å². The molecule has 0 atom stereocenters. The Labute approximate surface area is 64.5 Å². The lowest BCUT2D eigenvalue weighted by Gasteiger charge is -1.75. The molecule has 0 aliphatic heterocycles. The lowest BCUT2D eigenvalue weighted by atomic mass is 10.5. The molecule has 5 heteroatoms. The largest absolute Gasteiger partial charge is 0.274 e. The SMILES string of the molecule is O=C(Cl)c1cc(Br)[nH]n1. The van der Waals surface area contributed by atoms with Crippen LogP contribution in [0.1, 0.15) is 10.5 Å². The van der Waals surface area contributed by atoms with E-state index in [0.29, 0.717) is 4.60 Å². The van der Waals surface area contributed by atoms with E-state index in [4.69, 9.17) is 11.6 Å². The van der Waals surface area contributed by atoms with Crippen molar-refractivity contribution >= 4 is 32.8 Å². The van der Waals surface area contributed by atoms with Gasteiger partial charge in [0.15, 0.2) is 0 Å². The van der Waals surface area contributed by atoms with E-state index >= 15 is 0 Å². The van der Waals surface area contributed by atoms with Crippen LogP contribution in [-0.4, -0.2) is 15.4 Å². The number of carbonyl (C=O) groups excluding carboxylic acids is 1. The normalized spacial score (nSPS) is 9.56. The van der Waals surface area contributed by atoms with Gasteiger partial charge in [-0.05, 0) is 27.5 Å². The number of rotatable bonds is 1. The molecule has 9 heavy (non-hydrogen) atoms. The molecule has 0 fully saturated rings. The highest BCUT2D eigenvalue weighted by molar-refractivity contribution is 9.10. The van der Waals surface area contributed by atoms with Crippen LogP contribution in [0.3, 0.4) is 0 Å². The maximum atomic E-state index is 10.3. The number of carbonyl (C=O) groups is 1. The van der Waals surface area contributed by atoms with Gasteiger partial charge in [-0.2, -0.15) is 5.10 Å². The number of aromatic amines is 1. The van der Waals surface area contributed by atoms with Crippen LogP contribution in [0.15, 0.2) is 10.7 Å². The second-order valence-electron chi connectivity index (χ2n) is 1.37. The molecule has 1 heterocycles. The Kier molecular flexibility index (Phi) is 1.87. The zero-order chi connectivity index (χ0) is 6.85. The van der Waals surface area contributed by atoms with E-state index < -0.39 is 5.24 Å². The molecule has 0 unspecified atom stereocenters. The van der Waals surface area contributed by atoms with Crippen molar-refractivity contribution in [3.8, 4) is 0 Å². The van der Waals surface area contributed by atoms with E-state index in [9.17, 15) is 4.79 Å².